The molecule has 0 spiro atoms. The number of thiazole rings is 1. The molecule has 1 atom stereocenters. The van der Waals surface area contributed by atoms with Crippen molar-refractivity contribution in [3.05, 3.63) is 22.8 Å². The highest BCUT2D eigenvalue weighted by atomic mass is 32.2. The SMILES string of the molecule is CSCCC(NC(=O)/C(C#N)=C\Nc1nc(C)cs1)C(=O)O. The number of nitrogens with one attached hydrogen (secondary N) is 2. The summed E-state index contributed by atoms with van der Waals surface area (Å²) in [6.45, 7) is 1.83. The van der Waals surface area contributed by atoms with Gasteiger partial charge in [0.25, 0.3) is 5.91 Å². The second kappa shape index (κ2) is 9.07. The van der Waals surface area contributed by atoms with Gasteiger partial charge in [0, 0.05) is 11.6 Å². The maximum absolute atomic E-state index is 11.9. The van der Waals surface area contributed by atoms with Crippen LogP contribution in [0.3, 0.4) is 0 Å². The molecule has 0 bridgehead atoms. The number of carbonyl (C=O) groups excluding carboxylic acids is 1. The summed E-state index contributed by atoms with van der Waals surface area (Å²) in [5.74, 6) is -1.25. The number of anilines is 1. The monoisotopic (exact) mass is 340 g/mol. The van der Waals surface area contributed by atoms with E-state index in [4.69, 9.17) is 10.4 Å². The number of carbonyl (C=O) groups is 2. The zero-order valence-electron chi connectivity index (χ0n) is 12.1. The van der Waals surface area contributed by atoms with E-state index in [2.05, 4.69) is 15.6 Å². The smallest absolute Gasteiger partial charge is 0.326 e. The normalized spacial score (nSPS) is 12.3. The van der Waals surface area contributed by atoms with E-state index in [1.165, 1.54) is 29.3 Å². The number of amides is 1. The third-order valence-corrected chi connectivity index (χ3v) is 4.07. The van der Waals surface area contributed by atoms with Crippen molar-refractivity contribution in [2.75, 3.05) is 17.3 Å². The van der Waals surface area contributed by atoms with Crippen molar-refractivity contribution in [1.29, 1.82) is 5.26 Å². The molecule has 0 aliphatic rings. The second-order valence-electron chi connectivity index (χ2n) is 4.25. The highest BCUT2D eigenvalue weighted by Crippen LogP contribution is 2.14. The molecule has 0 saturated heterocycles. The second-order valence-corrected chi connectivity index (χ2v) is 6.10. The summed E-state index contributed by atoms with van der Waals surface area (Å²) in [5, 5.41) is 25.6. The Balaban J connectivity index is 2.70. The largest absolute Gasteiger partial charge is 0.480 e. The molecule has 1 unspecified atom stereocenters. The minimum absolute atomic E-state index is 0.205. The fraction of sp³-hybridized carbons (Fsp3) is 0.385. The number of nitriles is 1. The molecule has 1 aromatic heterocycles. The van der Waals surface area contributed by atoms with Gasteiger partial charge in [-0.2, -0.15) is 17.0 Å². The molecule has 22 heavy (non-hydrogen) atoms. The van der Waals surface area contributed by atoms with Crippen molar-refractivity contribution in [2.24, 2.45) is 0 Å². The van der Waals surface area contributed by atoms with Crippen molar-refractivity contribution >= 4 is 40.1 Å². The Labute approximate surface area is 136 Å². The van der Waals surface area contributed by atoms with Crippen LogP contribution in [0.25, 0.3) is 0 Å². The van der Waals surface area contributed by atoms with Gasteiger partial charge >= 0.3 is 5.97 Å². The van der Waals surface area contributed by atoms with E-state index in [0.717, 1.165) is 5.69 Å². The average molecular weight is 340 g/mol. The summed E-state index contributed by atoms with van der Waals surface area (Å²) in [4.78, 5) is 27.2. The van der Waals surface area contributed by atoms with Gasteiger partial charge in [0.05, 0.1) is 5.69 Å². The predicted octanol–water partition coefficient (Wildman–Crippen LogP) is 1.59. The number of hydrogen-bond acceptors (Lipinski definition) is 7. The van der Waals surface area contributed by atoms with E-state index in [1.54, 1.807) is 6.07 Å². The van der Waals surface area contributed by atoms with Crippen LogP contribution in [-0.4, -0.2) is 40.0 Å². The van der Waals surface area contributed by atoms with Gasteiger partial charge in [0.2, 0.25) is 0 Å². The lowest BCUT2D eigenvalue weighted by Gasteiger charge is -2.13. The summed E-state index contributed by atoms with van der Waals surface area (Å²) in [7, 11) is 0. The van der Waals surface area contributed by atoms with Gasteiger partial charge < -0.3 is 15.7 Å². The summed E-state index contributed by atoms with van der Waals surface area (Å²) in [6.07, 6.45) is 3.36. The molecule has 0 aliphatic carbocycles. The lowest BCUT2D eigenvalue weighted by Crippen LogP contribution is -2.41. The number of rotatable bonds is 8. The number of aryl methyl sites for hydroxylation is 1. The topological polar surface area (TPSA) is 115 Å². The first-order chi connectivity index (χ1) is 10.5. The van der Waals surface area contributed by atoms with Crippen LogP contribution in [0, 0.1) is 18.3 Å². The number of carboxylic acids is 1. The predicted molar refractivity (Wildman–Crippen MR) is 86.7 cm³/mol. The Morgan fingerprint density at radius 2 is 2.36 bits per heavy atom. The van der Waals surface area contributed by atoms with Crippen LogP contribution in [0.15, 0.2) is 17.2 Å². The van der Waals surface area contributed by atoms with E-state index in [0.29, 0.717) is 17.3 Å². The van der Waals surface area contributed by atoms with E-state index in [9.17, 15) is 9.59 Å². The molecule has 1 rings (SSSR count). The first kappa shape index (κ1) is 18.0. The van der Waals surface area contributed by atoms with Gasteiger partial charge in [0.15, 0.2) is 5.13 Å². The van der Waals surface area contributed by atoms with Crippen molar-refractivity contribution in [2.45, 2.75) is 19.4 Å². The van der Waals surface area contributed by atoms with Crippen molar-refractivity contribution in [1.82, 2.24) is 10.3 Å². The summed E-state index contributed by atoms with van der Waals surface area (Å²) >= 11 is 2.82. The van der Waals surface area contributed by atoms with Gasteiger partial charge in [-0.05, 0) is 25.4 Å². The Morgan fingerprint density at radius 3 is 2.86 bits per heavy atom. The molecule has 0 fully saturated rings. The van der Waals surface area contributed by atoms with E-state index in [-0.39, 0.29) is 5.57 Å². The van der Waals surface area contributed by atoms with Crippen LogP contribution in [0.2, 0.25) is 0 Å². The van der Waals surface area contributed by atoms with E-state index in [1.807, 2.05) is 18.6 Å². The zero-order chi connectivity index (χ0) is 16.5. The third kappa shape index (κ3) is 5.75. The van der Waals surface area contributed by atoms with Crippen LogP contribution in [0.5, 0.6) is 0 Å². The number of aliphatic carboxylic acids is 1. The quantitative estimate of drug-likeness (QED) is 0.486. The number of aromatic nitrogens is 1. The van der Waals surface area contributed by atoms with Crippen LogP contribution in [-0.2, 0) is 9.59 Å². The van der Waals surface area contributed by atoms with Crippen molar-refractivity contribution < 1.29 is 14.7 Å². The molecule has 0 aliphatic heterocycles. The van der Waals surface area contributed by atoms with Crippen LogP contribution >= 0.6 is 23.1 Å². The molecular weight excluding hydrogens is 324 g/mol. The van der Waals surface area contributed by atoms with E-state index >= 15 is 0 Å². The number of carboxylic acid groups (broad SMARTS) is 1. The van der Waals surface area contributed by atoms with Gasteiger partial charge in [-0.1, -0.05) is 0 Å². The highest BCUT2D eigenvalue weighted by molar-refractivity contribution is 7.98. The number of thioether (sulfide) groups is 1. The number of nitrogens with zero attached hydrogens (tertiary/aromatic N) is 2. The minimum atomic E-state index is -1.12. The molecule has 0 aromatic carbocycles. The molecule has 3 N–H and O–H groups in total. The average Bonchev–Trinajstić information content (AvgIpc) is 2.89. The van der Waals surface area contributed by atoms with Gasteiger partial charge in [-0.25, -0.2) is 9.78 Å². The van der Waals surface area contributed by atoms with Gasteiger partial charge in [-0.15, -0.1) is 11.3 Å². The molecule has 7 nitrogen and oxygen atoms in total. The fourth-order valence-electron chi connectivity index (χ4n) is 1.43. The lowest BCUT2D eigenvalue weighted by atomic mass is 10.2. The Kier molecular flexibility index (Phi) is 7.42. The Morgan fingerprint density at radius 1 is 1.64 bits per heavy atom. The molecule has 118 valence electrons. The maximum atomic E-state index is 11.9. The third-order valence-electron chi connectivity index (χ3n) is 2.54. The molecule has 9 heteroatoms. The Bertz CT molecular complexity index is 607. The van der Waals surface area contributed by atoms with Crippen LogP contribution in [0.1, 0.15) is 12.1 Å². The Hall–Kier alpha value is -2.05. The van der Waals surface area contributed by atoms with Gasteiger partial charge in [0.1, 0.15) is 17.7 Å². The minimum Gasteiger partial charge on any atom is -0.480 e. The molecule has 0 saturated carbocycles. The van der Waals surface area contributed by atoms with E-state index < -0.39 is 17.9 Å². The zero-order valence-corrected chi connectivity index (χ0v) is 13.8. The first-order valence-corrected chi connectivity index (χ1v) is 8.56. The van der Waals surface area contributed by atoms with Gasteiger partial charge in [-0.3, -0.25) is 4.79 Å². The molecule has 1 heterocycles. The molecule has 0 radical (unpaired) electrons. The van der Waals surface area contributed by atoms with Crippen molar-refractivity contribution in [3.63, 3.8) is 0 Å². The standard InChI is InChI=1S/C13H16N4O3S2/c1-8-7-22-13(16-8)15-6-9(5-14)11(18)17-10(12(19)20)3-4-21-2/h6-7,10H,3-4H2,1-2H3,(H,15,16)(H,17,18)(H,19,20)/b9-6-. The summed E-state index contributed by atoms with van der Waals surface area (Å²) in [5.41, 5.74) is 0.620. The summed E-state index contributed by atoms with van der Waals surface area (Å²) in [6, 6.07) is 0.730. The molecule has 1 aromatic rings. The maximum Gasteiger partial charge on any atom is 0.326 e. The fourth-order valence-corrected chi connectivity index (χ4v) is 2.56. The van der Waals surface area contributed by atoms with Crippen molar-refractivity contribution in [3.8, 4) is 6.07 Å². The molecule has 1 amide bonds. The van der Waals surface area contributed by atoms with Crippen LogP contribution < -0.4 is 10.6 Å². The lowest BCUT2D eigenvalue weighted by molar-refractivity contribution is -0.141. The molecular formula is C13H16N4O3S2. The number of hydrogen-bond donors (Lipinski definition) is 3. The summed E-state index contributed by atoms with van der Waals surface area (Å²) < 4.78 is 0. The van der Waals surface area contributed by atoms with Crippen LogP contribution in [0.4, 0.5) is 5.13 Å². The highest BCUT2D eigenvalue weighted by Gasteiger charge is 2.21. The first-order valence-electron chi connectivity index (χ1n) is 6.29.